The summed E-state index contributed by atoms with van der Waals surface area (Å²) in [5.74, 6) is 0.399. The van der Waals surface area contributed by atoms with Gasteiger partial charge in [0.1, 0.15) is 5.82 Å². The number of hydrogen-bond acceptors (Lipinski definition) is 2. The molecule has 1 N–H and O–H groups in total. The number of fused-ring (bicyclic) bond motifs is 2. The standard InChI is InChI=1S/C15H20FNO/c1-9-7-10(3-5-13(9)16)15(17-2)12-8-11-4-6-14(12)18-11/h3,5,7,11-12,14-15,17H,4,6,8H2,1-2H3. The van der Waals surface area contributed by atoms with Crippen LogP contribution in [0.3, 0.4) is 0 Å². The Kier molecular flexibility index (Phi) is 3.12. The summed E-state index contributed by atoms with van der Waals surface area (Å²) >= 11 is 0. The fourth-order valence-corrected chi connectivity index (χ4v) is 3.52. The van der Waals surface area contributed by atoms with Crippen LogP contribution in [0.5, 0.6) is 0 Å². The van der Waals surface area contributed by atoms with Gasteiger partial charge in [-0.25, -0.2) is 4.39 Å². The van der Waals surface area contributed by atoms with Crippen LogP contribution in [0, 0.1) is 18.7 Å². The molecule has 3 heteroatoms. The fourth-order valence-electron chi connectivity index (χ4n) is 3.52. The summed E-state index contributed by atoms with van der Waals surface area (Å²) in [6.45, 7) is 1.82. The van der Waals surface area contributed by atoms with E-state index in [4.69, 9.17) is 4.74 Å². The molecule has 0 spiro atoms. The van der Waals surface area contributed by atoms with Crippen LogP contribution in [0.15, 0.2) is 18.2 Å². The van der Waals surface area contributed by atoms with E-state index >= 15 is 0 Å². The molecule has 0 aromatic heterocycles. The number of hydrogen-bond donors (Lipinski definition) is 1. The number of nitrogens with one attached hydrogen (secondary N) is 1. The van der Waals surface area contributed by atoms with E-state index in [1.54, 1.807) is 6.07 Å². The topological polar surface area (TPSA) is 21.3 Å². The highest BCUT2D eigenvalue weighted by molar-refractivity contribution is 5.27. The first-order valence-electron chi connectivity index (χ1n) is 6.78. The third kappa shape index (κ3) is 1.95. The molecule has 2 nitrogen and oxygen atoms in total. The summed E-state index contributed by atoms with van der Waals surface area (Å²) in [5, 5.41) is 3.39. The molecule has 4 atom stereocenters. The molecular weight excluding hydrogens is 229 g/mol. The van der Waals surface area contributed by atoms with Gasteiger partial charge in [-0.05, 0) is 50.4 Å². The molecule has 2 heterocycles. The quantitative estimate of drug-likeness (QED) is 0.889. The van der Waals surface area contributed by atoms with Crippen LogP contribution in [0.2, 0.25) is 0 Å². The van der Waals surface area contributed by atoms with E-state index in [9.17, 15) is 4.39 Å². The van der Waals surface area contributed by atoms with Crippen molar-refractivity contribution >= 4 is 0 Å². The molecule has 2 aliphatic heterocycles. The van der Waals surface area contributed by atoms with Crippen LogP contribution < -0.4 is 5.32 Å². The van der Waals surface area contributed by atoms with Gasteiger partial charge in [0.05, 0.1) is 12.2 Å². The summed E-state index contributed by atoms with van der Waals surface area (Å²) in [6, 6.07) is 5.71. The summed E-state index contributed by atoms with van der Waals surface area (Å²) < 4.78 is 19.3. The van der Waals surface area contributed by atoms with Crippen LogP contribution in [0.25, 0.3) is 0 Å². The Balaban J connectivity index is 1.85. The van der Waals surface area contributed by atoms with E-state index < -0.39 is 0 Å². The lowest BCUT2D eigenvalue weighted by atomic mass is 9.81. The third-order valence-corrected chi connectivity index (χ3v) is 4.43. The van der Waals surface area contributed by atoms with E-state index in [1.807, 2.05) is 26.1 Å². The maximum absolute atomic E-state index is 13.3. The van der Waals surface area contributed by atoms with E-state index in [1.165, 1.54) is 18.4 Å². The van der Waals surface area contributed by atoms with Gasteiger partial charge in [-0.15, -0.1) is 0 Å². The van der Waals surface area contributed by atoms with Crippen LogP contribution in [-0.4, -0.2) is 19.3 Å². The summed E-state index contributed by atoms with van der Waals surface area (Å²) in [7, 11) is 1.98. The van der Waals surface area contributed by atoms with Gasteiger partial charge in [-0.2, -0.15) is 0 Å². The van der Waals surface area contributed by atoms with Crippen molar-refractivity contribution < 1.29 is 9.13 Å². The zero-order valence-corrected chi connectivity index (χ0v) is 10.9. The molecule has 0 aliphatic carbocycles. The number of aryl methyl sites for hydroxylation is 1. The van der Waals surface area contributed by atoms with Gasteiger partial charge in [-0.1, -0.05) is 12.1 Å². The number of halogens is 1. The minimum atomic E-state index is -0.127. The fraction of sp³-hybridized carbons (Fsp3) is 0.600. The second-order valence-corrected chi connectivity index (χ2v) is 5.55. The normalized spacial score (nSPS) is 31.8. The molecule has 4 unspecified atom stereocenters. The Hall–Kier alpha value is -0.930. The molecule has 1 aromatic carbocycles. The Bertz CT molecular complexity index is 448. The predicted molar refractivity (Wildman–Crippen MR) is 68.9 cm³/mol. The lowest BCUT2D eigenvalue weighted by Gasteiger charge is -2.28. The largest absolute Gasteiger partial charge is 0.375 e. The summed E-state index contributed by atoms with van der Waals surface area (Å²) in [4.78, 5) is 0. The molecule has 3 rings (SSSR count). The lowest BCUT2D eigenvalue weighted by Crippen LogP contribution is -2.31. The Labute approximate surface area is 108 Å². The third-order valence-electron chi connectivity index (χ3n) is 4.43. The molecule has 98 valence electrons. The van der Waals surface area contributed by atoms with E-state index in [0.29, 0.717) is 18.1 Å². The number of rotatable bonds is 3. The zero-order valence-electron chi connectivity index (χ0n) is 10.9. The van der Waals surface area contributed by atoms with Crippen molar-refractivity contribution in [3.8, 4) is 0 Å². The first-order chi connectivity index (χ1) is 8.69. The van der Waals surface area contributed by atoms with Gasteiger partial charge in [-0.3, -0.25) is 0 Å². The smallest absolute Gasteiger partial charge is 0.126 e. The van der Waals surface area contributed by atoms with Crippen LogP contribution in [-0.2, 0) is 4.74 Å². The predicted octanol–water partition coefficient (Wildman–Crippen LogP) is 2.96. The number of benzene rings is 1. The molecular formula is C15H20FNO. The average Bonchev–Trinajstić information content (AvgIpc) is 2.97. The van der Waals surface area contributed by atoms with Gasteiger partial charge in [0.2, 0.25) is 0 Å². The van der Waals surface area contributed by atoms with Crippen molar-refractivity contribution in [2.45, 2.75) is 44.4 Å². The van der Waals surface area contributed by atoms with Gasteiger partial charge in [0, 0.05) is 12.0 Å². The van der Waals surface area contributed by atoms with E-state index in [2.05, 4.69) is 5.32 Å². The lowest BCUT2D eigenvalue weighted by molar-refractivity contribution is 0.0863. The summed E-state index contributed by atoms with van der Waals surface area (Å²) in [5.41, 5.74) is 1.90. The first-order valence-corrected chi connectivity index (χ1v) is 6.78. The van der Waals surface area contributed by atoms with Crippen molar-refractivity contribution in [2.75, 3.05) is 7.05 Å². The molecule has 18 heavy (non-hydrogen) atoms. The minimum absolute atomic E-state index is 0.127. The van der Waals surface area contributed by atoms with Gasteiger partial charge >= 0.3 is 0 Å². The second kappa shape index (κ2) is 4.63. The van der Waals surface area contributed by atoms with Crippen LogP contribution >= 0.6 is 0 Å². The Morgan fingerprint density at radius 1 is 1.39 bits per heavy atom. The van der Waals surface area contributed by atoms with Crippen molar-refractivity contribution in [1.29, 1.82) is 0 Å². The van der Waals surface area contributed by atoms with Gasteiger partial charge < -0.3 is 10.1 Å². The van der Waals surface area contributed by atoms with Gasteiger partial charge in [0.25, 0.3) is 0 Å². The zero-order chi connectivity index (χ0) is 12.7. The monoisotopic (exact) mass is 249 g/mol. The van der Waals surface area contributed by atoms with Crippen molar-refractivity contribution in [3.05, 3.63) is 35.1 Å². The summed E-state index contributed by atoms with van der Waals surface area (Å²) in [6.07, 6.45) is 4.36. The Morgan fingerprint density at radius 3 is 2.78 bits per heavy atom. The van der Waals surface area contributed by atoms with Crippen LogP contribution in [0.1, 0.15) is 36.4 Å². The first kappa shape index (κ1) is 12.1. The second-order valence-electron chi connectivity index (χ2n) is 5.55. The maximum atomic E-state index is 13.3. The molecule has 2 fully saturated rings. The van der Waals surface area contributed by atoms with E-state index in [-0.39, 0.29) is 11.9 Å². The minimum Gasteiger partial charge on any atom is -0.375 e. The molecule has 0 radical (unpaired) electrons. The highest BCUT2D eigenvalue weighted by atomic mass is 19.1. The maximum Gasteiger partial charge on any atom is 0.126 e. The molecule has 2 saturated heterocycles. The van der Waals surface area contributed by atoms with Crippen molar-refractivity contribution in [3.63, 3.8) is 0 Å². The van der Waals surface area contributed by atoms with Crippen molar-refractivity contribution in [2.24, 2.45) is 5.92 Å². The van der Waals surface area contributed by atoms with Gasteiger partial charge in [0.15, 0.2) is 0 Å². The average molecular weight is 249 g/mol. The highest BCUT2D eigenvalue weighted by Crippen LogP contribution is 2.44. The molecule has 2 aliphatic rings. The molecule has 2 bridgehead atoms. The molecule has 1 aromatic rings. The van der Waals surface area contributed by atoms with E-state index in [0.717, 1.165) is 12.0 Å². The molecule has 0 amide bonds. The highest BCUT2D eigenvalue weighted by Gasteiger charge is 2.44. The number of ether oxygens (including phenoxy) is 1. The van der Waals surface area contributed by atoms with Crippen LogP contribution in [0.4, 0.5) is 4.39 Å². The SMILES string of the molecule is CNC(c1ccc(F)c(C)c1)C1CC2CCC1O2. The molecule has 0 saturated carbocycles. The van der Waals surface area contributed by atoms with Crippen molar-refractivity contribution in [1.82, 2.24) is 5.32 Å². The Morgan fingerprint density at radius 2 is 2.22 bits per heavy atom.